The quantitative estimate of drug-likeness (QED) is 0.657. The predicted octanol–water partition coefficient (Wildman–Crippen LogP) is 2.71. The molecule has 1 fully saturated rings. The Hall–Kier alpha value is -2.62. The van der Waals surface area contributed by atoms with Gasteiger partial charge in [-0.25, -0.2) is 13.4 Å². The Morgan fingerprint density at radius 2 is 1.77 bits per heavy atom. The molecule has 1 saturated heterocycles. The number of carbonyl (C=O) groups is 1. The molecular formula is C18H15F3N4O3S2. The fourth-order valence-electron chi connectivity index (χ4n) is 2.97. The van der Waals surface area contributed by atoms with Crippen LogP contribution in [0.4, 0.5) is 13.2 Å². The molecule has 2 heterocycles. The molecule has 0 aliphatic carbocycles. The van der Waals surface area contributed by atoms with Crippen molar-refractivity contribution >= 4 is 27.7 Å². The molecule has 1 aromatic carbocycles. The third-order valence-electron chi connectivity index (χ3n) is 4.37. The highest BCUT2D eigenvalue weighted by atomic mass is 32.2. The van der Waals surface area contributed by atoms with Gasteiger partial charge in [0.05, 0.1) is 16.0 Å². The minimum atomic E-state index is -4.59. The highest BCUT2D eigenvalue weighted by Crippen LogP contribution is 2.37. The van der Waals surface area contributed by atoms with Gasteiger partial charge in [-0.15, -0.1) is 0 Å². The summed E-state index contributed by atoms with van der Waals surface area (Å²) in [5, 5.41) is 8.70. The third kappa shape index (κ3) is 4.75. The largest absolute Gasteiger partial charge is 0.447 e. The lowest BCUT2D eigenvalue weighted by Crippen LogP contribution is -2.50. The number of rotatable bonds is 4. The molecule has 0 unspecified atom stereocenters. The van der Waals surface area contributed by atoms with Crippen molar-refractivity contribution in [1.29, 1.82) is 5.26 Å². The van der Waals surface area contributed by atoms with Crippen molar-refractivity contribution in [3.8, 4) is 6.07 Å². The van der Waals surface area contributed by atoms with Crippen LogP contribution in [0, 0.1) is 11.3 Å². The van der Waals surface area contributed by atoms with Crippen LogP contribution in [0.15, 0.2) is 52.5 Å². The molecule has 3 rings (SSSR count). The zero-order valence-corrected chi connectivity index (χ0v) is 17.0. The summed E-state index contributed by atoms with van der Waals surface area (Å²) in [7, 11) is -3.94. The molecule has 30 heavy (non-hydrogen) atoms. The standard InChI is InChI=1S/C18H15F3N4O3S2/c19-18(20,21)29-16-14(5-3-7-23-16)17(26)24-8-10-25(11-9-24)30(27,28)15-6-2-1-4-13(15)12-22/h1-7H,8-11H2. The molecule has 12 heteroatoms. The second-order valence-electron chi connectivity index (χ2n) is 6.21. The molecule has 0 spiro atoms. The van der Waals surface area contributed by atoms with Crippen molar-refractivity contribution in [3.05, 3.63) is 53.7 Å². The highest BCUT2D eigenvalue weighted by molar-refractivity contribution is 8.00. The Morgan fingerprint density at radius 1 is 1.10 bits per heavy atom. The molecule has 1 aliphatic heterocycles. The van der Waals surface area contributed by atoms with Crippen LogP contribution < -0.4 is 0 Å². The van der Waals surface area contributed by atoms with E-state index in [-0.39, 0.29) is 42.2 Å². The van der Waals surface area contributed by atoms with Crippen molar-refractivity contribution in [1.82, 2.24) is 14.2 Å². The fraction of sp³-hybridized carbons (Fsp3) is 0.278. The van der Waals surface area contributed by atoms with Crippen molar-refractivity contribution in [3.63, 3.8) is 0 Å². The number of piperazine rings is 1. The van der Waals surface area contributed by atoms with E-state index in [0.29, 0.717) is 0 Å². The van der Waals surface area contributed by atoms with Gasteiger partial charge in [0.2, 0.25) is 10.0 Å². The number of nitriles is 1. The highest BCUT2D eigenvalue weighted by Gasteiger charge is 2.35. The van der Waals surface area contributed by atoms with Gasteiger partial charge in [-0.1, -0.05) is 12.1 Å². The maximum Gasteiger partial charge on any atom is 0.447 e. The molecule has 1 aromatic heterocycles. The summed E-state index contributed by atoms with van der Waals surface area (Å²) in [5.41, 5.74) is -4.77. The first kappa shape index (κ1) is 22.1. The summed E-state index contributed by atoms with van der Waals surface area (Å²) in [6.45, 7) is -0.0959. The molecule has 2 aromatic rings. The number of hydrogen-bond donors (Lipinski definition) is 0. The van der Waals surface area contributed by atoms with Crippen molar-refractivity contribution in [2.75, 3.05) is 26.2 Å². The first-order valence-corrected chi connectivity index (χ1v) is 10.9. The van der Waals surface area contributed by atoms with E-state index in [9.17, 15) is 26.4 Å². The molecule has 158 valence electrons. The molecule has 1 aliphatic rings. The van der Waals surface area contributed by atoms with Gasteiger partial charge in [-0.3, -0.25) is 4.79 Å². The van der Waals surface area contributed by atoms with Gasteiger partial charge < -0.3 is 4.90 Å². The summed E-state index contributed by atoms with van der Waals surface area (Å²) in [6.07, 6.45) is 1.17. The lowest BCUT2D eigenvalue weighted by Gasteiger charge is -2.34. The Kier molecular flexibility index (Phi) is 6.35. The Labute approximate surface area is 175 Å². The molecule has 0 bridgehead atoms. The van der Waals surface area contributed by atoms with E-state index in [1.807, 2.05) is 6.07 Å². The maximum atomic E-state index is 12.9. The summed E-state index contributed by atoms with van der Waals surface area (Å²) < 4.78 is 65.1. The number of halogens is 3. The van der Waals surface area contributed by atoms with Gasteiger partial charge in [-0.05, 0) is 24.3 Å². The van der Waals surface area contributed by atoms with Crippen LogP contribution in [0.2, 0.25) is 0 Å². The summed E-state index contributed by atoms with van der Waals surface area (Å²) in [5.74, 6) is -0.649. The number of nitrogens with zero attached hydrogens (tertiary/aromatic N) is 4. The first-order chi connectivity index (χ1) is 14.1. The molecule has 1 amide bonds. The molecule has 0 saturated carbocycles. The minimum absolute atomic E-state index is 0.00218. The number of alkyl halides is 3. The van der Waals surface area contributed by atoms with Crippen LogP contribution in [0.3, 0.4) is 0 Å². The van der Waals surface area contributed by atoms with E-state index in [4.69, 9.17) is 5.26 Å². The van der Waals surface area contributed by atoms with Crippen molar-refractivity contribution < 1.29 is 26.4 Å². The average Bonchev–Trinajstić information content (AvgIpc) is 2.72. The van der Waals surface area contributed by atoms with Gasteiger partial charge in [-0.2, -0.15) is 22.7 Å². The first-order valence-electron chi connectivity index (χ1n) is 8.63. The zero-order chi connectivity index (χ0) is 21.9. The summed E-state index contributed by atoms with van der Waals surface area (Å²) >= 11 is -0.470. The van der Waals surface area contributed by atoms with Gasteiger partial charge >= 0.3 is 5.51 Å². The second-order valence-corrected chi connectivity index (χ2v) is 9.17. The van der Waals surface area contributed by atoms with E-state index in [1.165, 1.54) is 41.4 Å². The third-order valence-corrected chi connectivity index (χ3v) is 7.07. The van der Waals surface area contributed by atoms with Crippen LogP contribution in [0.1, 0.15) is 15.9 Å². The predicted molar refractivity (Wildman–Crippen MR) is 102 cm³/mol. The number of carbonyl (C=O) groups excluding carboxylic acids is 1. The molecule has 0 radical (unpaired) electrons. The topological polar surface area (TPSA) is 94.4 Å². The number of amides is 1. The number of benzene rings is 1. The van der Waals surface area contributed by atoms with E-state index in [1.54, 1.807) is 6.07 Å². The number of hydrogen-bond acceptors (Lipinski definition) is 6. The number of pyridine rings is 1. The van der Waals surface area contributed by atoms with Gasteiger partial charge in [0.25, 0.3) is 5.91 Å². The fourth-order valence-corrected chi connectivity index (χ4v) is 5.13. The zero-order valence-electron chi connectivity index (χ0n) is 15.3. The SMILES string of the molecule is N#Cc1ccccc1S(=O)(=O)N1CCN(C(=O)c2cccnc2SC(F)(F)F)CC1. The van der Waals surface area contributed by atoms with E-state index in [2.05, 4.69) is 4.98 Å². The molecule has 0 N–H and O–H groups in total. The van der Waals surface area contributed by atoms with Crippen LogP contribution in [0.5, 0.6) is 0 Å². The average molecular weight is 456 g/mol. The molecular weight excluding hydrogens is 441 g/mol. The van der Waals surface area contributed by atoms with E-state index in [0.717, 1.165) is 4.31 Å². The van der Waals surface area contributed by atoms with Crippen LogP contribution in [-0.4, -0.2) is 60.2 Å². The maximum absolute atomic E-state index is 12.9. The number of thioether (sulfide) groups is 1. The lowest BCUT2D eigenvalue weighted by atomic mass is 10.2. The van der Waals surface area contributed by atoms with Gasteiger partial charge in [0.1, 0.15) is 11.1 Å². The van der Waals surface area contributed by atoms with Crippen LogP contribution in [-0.2, 0) is 10.0 Å². The van der Waals surface area contributed by atoms with Crippen LogP contribution in [0.25, 0.3) is 0 Å². The summed E-state index contributed by atoms with van der Waals surface area (Å²) in [6, 6.07) is 10.3. The van der Waals surface area contributed by atoms with Crippen molar-refractivity contribution in [2.24, 2.45) is 0 Å². The van der Waals surface area contributed by atoms with Gasteiger partial charge in [0, 0.05) is 44.1 Å². The Bertz CT molecular complexity index is 1090. The van der Waals surface area contributed by atoms with Crippen LogP contribution >= 0.6 is 11.8 Å². The second kappa shape index (κ2) is 8.63. The number of sulfonamides is 1. The molecule has 0 atom stereocenters. The normalized spacial score (nSPS) is 15.6. The summed E-state index contributed by atoms with van der Waals surface area (Å²) in [4.78, 5) is 17.5. The Morgan fingerprint density at radius 3 is 2.40 bits per heavy atom. The van der Waals surface area contributed by atoms with Gasteiger partial charge in [0.15, 0.2) is 0 Å². The monoisotopic (exact) mass is 456 g/mol. The van der Waals surface area contributed by atoms with E-state index < -0.39 is 38.2 Å². The Balaban J connectivity index is 1.75. The van der Waals surface area contributed by atoms with Crippen molar-refractivity contribution in [2.45, 2.75) is 15.4 Å². The molecule has 7 nitrogen and oxygen atoms in total. The minimum Gasteiger partial charge on any atom is -0.336 e. The van der Waals surface area contributed by atoms with E-state index >= 15 is 0 Å². The smallest absolute Gasteiger partial charge is 0.336 e. The lowest BCUT2D eigenvalue weighted by molar-refractivity contribution is -0.0329. The number of aromatic nitrogens is 1.